The molecule has 0 aliphatic carbocycles. The highest BCUT2D eigenvalue weighted by molar-refractivity contribution is 5.90. The van der Waals surface area contributed by atoms with Crippen molar-refractivity contribution in [2.75, 3.05) is 0 Å². The van der Waals surface area contributed by atoms with Crippen molar-refractivity contribution in [3.63, 3.8) is 0 Å². The summed E-state index contributed by atoms with van der Waals surface area (Å²) in [4.78, 5) is 0. The quantitative estimate of drug-likeness (QED) is 0.597. The van der Waals surface area contributed by atoms with E-state index in [2.05, 4.69) is 34.5 Å². The summed E-state index contributed by atoms with van der Waals surface area (Å²) < 4.78 is 1.92. The van der Waals surface area contributed by atoms with Crippen LogP contribution in [0.15, 0.2) is 55.1 Å². The highest BCUT2D eigenvalue weighted by atomic mass is 15.2. The normalized spacial score (nSPS) is 10.7. The van der Waals surface area contributed by atoms with Gasteiger partial charge in [0, 0.05) is 5.39 Å². The van der Waals surface area contributed by atoms with Crippen LogP contribution in [0.5, 0.6) is 0 Å². The first-order valence-electron chi connectivity index (χ1n) is 4.78. The number of hydrogen-bond acceptors (Lipinski definition) is 2. The predicted molar refractivity (Wildman–Crippen MR) is 58.9 cm³/mol. The SMILES string of the molecule is c1ccc2c(-n3cnnc3)cccc2c1. The molecule has 2 aromatic carbocycles. The van der Waals surface area contributed by atoms with Gasteiger partial charge >= 0.3 is 0 Å². The van der Waals surface area contributed by atoms with Gasteiger partial charge in [0.25, 0.3) is 0 Å². The van der Waals surface area contributed by atoms with Crippen LogP contribution in [0.4, 0.5) is 0 Å². The number of benzene rings is 2. The summed E-state index contributed by atoms with van der Waals surface area (Å²) in [6.07, 6.45) is 3.42. The maximum atomic E-state index is 3.82. The summed E-state index contributed by atoms with van der Waals surface area (Å²) in [5.74, 6) is 0. The molecule has 0 atom stereocenters. The number of rotatable bonds is 1. The van der Waals surface area contributed by atoms with Gasteiger partial charge in [0.2, 0.25) is 0 Å². The summed E-state index contributed by atoms with van der Waals surface area (Å²) in [7, 11) is 0. The zero-order chi connectivity index (χ0) is 10.1. The molecule has 0 spiro atoms. The highest BCUT2D eigenvalue weighted by Gasteiger charge is 2.01. The van der Waals surface area contributed by atoms with E-state index in [1.54, 1.807) is 12.7 Å². The lowest BCUT2D eigenvalue weighted by atomic mass is 10.1. The molecule has 0 radical (unpaired) electrons. The lowest BCUT2D eigenvalue weighted by Crippen LogP contribution is -1.90. The Bertz CT molecular complexity index is 579. The third-order valence-electron chi connectivity index (χ3n) is 2.46. The Balaban J connectivity index is 2.36. The molecule has 3 rings (SSSR count). The summed E-state index contributed by atoms with van der Waals surface area (Å²) >= 11 is 0. The molecule has 72 valence electrons. The maximum Gasteiger partial charge on any atom is 0.123 e. The summed E-state index contributed by atoms with van der Waals surface area (Å²) in [5, 5.41) is 10.1. The fourth-order valence-electron chi connectivity index (χ4n) is 1.76. The van der Waals surface area contributed by atoms with Gasteiger partial charge in [-0.15, -0.1) is 10.2 Å². The Labute approximate surface area is 87.0 Å². The molecule has 3 aromatic rings. The Hall–Kier alpha value is -2.16. The number of hydrogen-bond donors (Lipinski definition) is 0. The third kappa shape index (κ3) is 1.29. The monoisotopic (exact) mass is 195 g/mol. The molecule has 0 aliphatic heterocycles. The predicted octanol–water partition coefficient (Wildman–Crippen LogP) is 2.42. The summed E-state index contributed by atoms with van der Waals surface area (Å²) in [5.41, 5.74) is 1.11. The van der Waals surface area contributed by atoms with Gasteiger partial charge in [-0.25, -0.2) is 0 Å². The van der Waals surface area contributed by atoms with Gasteiger partial charge in [-0.1, -0.05) is 36.4 Å². The average molecular weight is 195 g/mol. The average Bonchev–Trinajstić information content (AvgIpc) is 2.82. The van der Waals surface area contributed by atoms with Gasteiger partial charge in [0.15, 0.2) is 0 Å². The molecule has 0 saturated carbocycles. The second-order valence-corrected chi connectivity index (χ2v) is 3.37. The van der Waals surface area contributed by atoms with Crippen molar-refractivity contribution in [1.82, 2.24) is 14.8 Å². The van der Waals surface area contributed by atoms with Crippen LogP contribution >= 0.6 is 0 Å². The van der Waals surface area contributed by atoms with Crippen LogP contribution in [0, 0.1) is 0 Å². The minimum Gasteiger partial charge on any atom is -0.288 e. The van der Waals surface area contributed by atoms with E-state index in [4.69, 9.17) is 0 Å². The fourth-order valence-corrected chi connectivity index (χ4v) is 1.76. The van der Waals surface area contributed by atoms with E-state index in [9.17, 15) is 0 Å². The minimum absolute atomic E-state index is 1.11. The topological polar surface area (TPSA) is 30.7 Å². The van der Waals surface area contributed by atoms with Crippen LogP contribution < -0.4 is 0 Å². The lowest BCUT2D eigenvalue weighted by Gasteiger charge is -2.05. The van der Waals surface area contributed by atoms with Crippen molar-refractivity contribution < 1.29 is 0 Å². The molecule has 0 amide bonds. The number of aromatic nitrogens is 3. The van der Waals surface area contributed by atoms with Gasteiger partial charge in [-0.05, 0) is 11.5 Å². The van der Waals surface area contributed by atoms with Gasteiger partial charge in [-0.3, -0.25) is 4.57 Å². The molecular formula is C12H9N3. The fraction of sp³-hybridized carbons (Fsp3) is 0. The third-order valence-corrected chi connectivity index (χ3v) is 2.46. The maximum absolute atomic E-state index is 3.82. The molecule has 3 nitrogen and oxygen atoms in total. The van der Waals surface area contributed by atoms with Gasteiger partial charge in [0.1, 0.15) is 12.7 Å². The molecule has 0 unspecified atom stereocenters. The van der Waals surface area contributed by atoms with Gasteiger partial charge in [0.05, 0.1) is 5.69 Å². The minimum atomic E-state index is 1.11. The Morgan fingerprint density at radius 3 is 2.40 bits per heavy atom. The van der Waals surface area contributed by atoms with Crippen LogP contribution in [0.2, 0.25) is 0 Å². The van der Waals surface area contributed by atoms with E-state index in [0.717, 1.165) is 5.69 Å². The van der Waals surface area contributed by atoms with Crippen molar-refractivity contribution in [2.45, 2.75) is 0 Å². The van der Waals surface area contributed by atoms with E-state index < -0.39 is 0 Å². The zero-order valence-corrected chi connectivity index (χ0v) is 8.04. The van der Waals surface area contributed by atoms with Gasteiger partial charge < -0.3 is 0 Å². The molecule has 3 heteroatoms. The number of fused-ring (bicyclic) bond motifs is 1. The molecule has 0 saturated heterocycles. The second kappa shape index (κ2) is 3.20. The van der Waals surface area contributed by atoms with Gasteiger partial charge in [-0.2, -0.15) is 0 Å². The van der Waals surface area contributed by atoms with Crippen molar-refractivity contribution in [1.29, 1.82) is 0 Å². The Morgan fingerprint density at radius 1 is 0.800 bits per heavy atom. The zero-order valence-electron chi connectivity index (χ0n) is 8.04. The Morgan fingerprint density at radius 2 is 1.53 bits per heavy atom. The first-order chi connectivity index (χ1) is 7.45. The molecule has 0 fully saturated rings. The van der Waals surface area contributed by atoms with Crippen molar-refractivity contribution >= 4 is 10.8 Å². The van der Waals surface area contributed by atoms with E-state index >= 15 is 0 Å². The van der Waals surface area contributed by atoms with E-state index in [1.165, 1.54) is 10.8 Å². The molecule has 0 bridgehead atoms. The van der Waals surface area contributed by atoms with Crippen LogP contribution in [0.3, 0.4) is 0 Å². The summed E-state index contributed by atoms with van der Waals surface area (Å²) in [6, 6.07) is 14.5. The van der Waals surface area contributed by atoms with Crippen LogP contribution in [-0.4, -0.2) is 14.8 Å². The molecule has 15 heavy (non-hydrogen) atoms. The van der Waals surface area contributed by atoms with Crippen molar-refractivity contribution in [3.8, 4) is 5.69 Å². The standard InChI is InChI=1S/C12H9N3/c1-2-6-11-10(4-1)5-3-7-12(11)15-8-13-14-9-15/h1-9H. The van der Waals surface area contributed by atoms with Crippen LogP contribution in [0.1, 0.15) is 0 Å². The molecule has 0 aliphatic rings. The van der Waals surface area contributed by atoms with Crippen molar-refractivity contribution in [3.05, 3.63) is 55.1 Å². The number of nitrogens with zero attached hydrogens (tertiary/aromatic N) is 3. The first-order valence-corrected chi connectivity index (χ1v) is 4.78. The van der Waals surface area contributed by atoms with Crippen LogP contribution in [-0.2, 0) is 0 Å². The van der Waals surface area contributed by atoms with E-state index in [0.29, 0.717) is 0 Å². The summed E-state index contributed by atoms with van der Waals surface area (Å²) in [6.45, 7) is 0. The Kier molecular flexibility index (Phi) is 1.75. The highest BCUT2D eigenvalue weighted by Crippen LogP contribution is 2.21. The van der Waals surface area contributed by atoms with E-state index in [1.807, 2.05) is 22.8 Å². The molecular weight excluding hydrogens is 186 g/mol. The lowest BCUT2D eigenvalue weighted by molar-refractivity contribution is 1.07. The molecule has 0 N–H and O–H groups in total. The van der Waals surface area contributed by atoms with E-state index in [-0.39, 0.29) is 0 Å². The first kappa shape index (κ1) is 8.17. The largest absolute Gasteiger partial charge is 0.288 e. The van der Waals surface area contributed by atoms with Crippen LogP contribution in [0.25, 0.3) is 16.5 Å². The molecule has 1 aromatic heterocycles. The smallest absolute Gasteiger partial charge is 0.123 e. The second-order valence-electron chi connectivity index (χ2n) is 3.37. The molecule has 1 heterocycles. The van der Waals surface area contributed by atoms with Crippen molar-refractivity contribution in [2.24, 2.45) is 0 Å².